The Morgan fingerprint density at radius 3 is 2.38 bits per heavy atom. The summed E-state index contributed by atoms with van der Waals surface area (Å²) in [6, 6.07) is 6.16. The number of nitrogens with one attached hydrogen (secondary N) is 3. The number of carbonyl (C=O) groups excluding carboxylic acids is 1. The van der Waals surface area contributed by atoms with E-state index < -0.39 is 0 Å². The van der Waals surface area contributed by atoms with Crippen molar-refractivity contribution in [3.05, 3.63) is 29.8 Å². The van der Waals surface area contributed by atoms with Crippen molar-refractivity contribution >= 4 is 11.9 Å². The Kier molecular flexibility index (Phi) is 7.71. The lowest BCUT2D eigenvalue weighted by Gasteiger charge is -2.11. The quantitative estimate of drug-likeness (QED) is 0.344. The number of rotatable bonds is 7. The second kappa shape index (κ2) is 9.63. The molecule has 0 radical (unpaired) electrons. The first-order valence-electron chi connectivity index (χ1n) is 7.26. The number of amides is 1. The van der Waals surface area contributed by atoms with E-state index in [0.717, 1.165) is 25.5 Å². The highest BCUT2D eigenvalue weighted by Gasteiger charge is 2.04. The summed E-state index contributed by atoms with van der Waals surface area (Å²) in [7, 11) is 0. The zero-order valence-electron chi connectivity index (χ0n) is 12.6. The first kappa shape index (κ1) is 16.8. The van der Waals surface area contributed by atoms with Gasteiger partial charge in [-0.15, -0.1) is 0 Å². The largest absolute Gasteiger partial charge is 0.508 e. The van der Waals surface area contributed by atoms with Crippen molar-refractivity contribution in [2.24, 2.45) is 4.99 Å². The Hall–Kier alpha value is -2.24. The number of phenolic OH excluding ortho intramolecular Hbond substituents is 1. The number of guanidine groups is 1. The van der Waals surface area contributed by atoms with E-state index in [-0.39, 0.29) is 11.7 Å². The predicted molar refractivity (Wildman–Crippen MR) is 84.7 cm³/mol. The number of benzene rings is 1. The Bertz CT molecular complexity index is 457. The van der Waals surface area contributed by atoms with E-state index in [9.17, 15) is 9.90 Å². The molecule has 0 saturated carbocycles. The summed E-state index contributed by atoms with van der Waals surface area (Å²) < 4.78 is 0. The van der Waals surface area contributed by atoms with E-state index in [0.29, 0.717) is 18.7 Å². The SMILES string of the molecule is CCCN=C(NCC)NCCNC(=O)c1ccc(O)cc1. The third-order valence-electron chi connectivity index (χ3n) is 2.67. The van der Waals surface area contributed by atoms with Gasteiger partial charge in [0.15, 0.2) is 5.96 Å². The molecule has 4 N–H and O–H groups in total. The molecule has 0 unspecified atom stereocenters. The highest BCUT2D eigenvalue weighted by Crippen LogP contribution is 2.08. The van der Waals surface area contributed by atoms with Gasteiger partial charge in [0.1, 0.15) is 5.75 Å². The van der Waals surface area contributed by atoms with Gasteiger partial charge in [0, 0.05) is 31.7 Å². The highest BCUT2D eigenvalue weighted by atomic mass is 16.3. The molecule has 0 saturated heterocycles. The fourth-order valence-corrected chi connectivity index (χ4v) is 1.64. The Morgan fingerprint density at radius 1 is 1.10 bits per heavy atom. The van der Waals surface area contributed by atoms with Crippen LogP contribution in [0.1, 0.15) is 30.6 Å². The Morgan fingerprint density at radius 2 is 1.76 bits per heavy atom. The maximum atomic E-state index is 11.8. The maximum absolute atomic E-state index is 11.8. The van der Waals surface area contributed by atoms with Gasteiger partial charge in [0.2, 0.25) is 0 Å². The molecule has 0 fully saturated rings. The van der Waals surface area contributed by atoms with Gasteiger partial charge in [-0.1, -0.05) is 6.92 Å². The van der Waals surface area contributed by atoms with E-state index in [1.807, 2.05) is 6.92 Å². The summed E-state index contributed by atoms with van der Waals surface area (Å²) in [6.45, 7) is 6.75. The monoisotopic (exact) mass is 292 g/mol. The minimum Gasteiger partial charge on any atom is -0.508 e. The van der Waals surface area contributed by atoms with Gasteiger partial charge in [-0.25, -0.2) is 0 Å². The molecule has 0 spiro atoms. The number of carbonyl (C=O) groups is 1. The normalized spacial score (nSPS) is 11.0. The average Bonchev–Trinajstić information content (AvgIpc) is 2.49. The second-order valence-electron chi connectivity index (χ2n) is 4.49. The highest BCUT2D eigenvalue weighted by molar-refractivity contribution is 5.94. The van der Waals surface area contributed by atoms with Crippen molar-refractivity contribution in [1.82, 2.24) is 16.0 Å². The van der Waals surface area contributed by atoms with Gasteiger partial charge in [-0.3, -0.25) is 9.79 Å². The maximum Gasteiger partial charge on any atom is 0.251 e. The lowest BCUT2D eigenvalue weighted by atomic mass is 10.2. The van der Waals surface area contributed by atoms with Crippen LogP contribution in [0.3, 0.4) is 0 Å². The van der Waals surface area contributed by atoms with Crippen LogP contribution in [0.15, 0.2) is 29.3 Å². The molecular formula is C15H24N4O2. The van der Waals surface area contributed by atoms with Crippen LogP contribution in [0.2, 0.25) is 0 Å². The molecule has 6 heteroatoms. The molecule has 0 bridgehead atoms. The van der Waals surface area contributed by atoms with Crippen LogP contribution in [0, 0.1) is 0 Å². The van der Waals surface area contributed by atoms with Crippen LogP contribution in [0.5, 0.6) is 5.75 Å². The van der Waals surface area contributed by atoms with Crippen molar-refractivity contribution in [3.63, 3.8) is 0 Å². The summed E-state index contributed by atoms with van der Waals surface area (Å²) in [5.41, 5.74) is 0.527. The van der Waals surface area contributed by atoms with Crippen molar-refractivity contribution in [2.45, 2.75) is 20.3 Å². The molecule has 0 aliphatic carbocycles. The standard InChI is InChI=1S/C15H24N4O2/c1-3-9-18-15(16-4-2)19-11-10-17-14(21)12-5-7-13(20)8-6-12/h5-8,20H,3-4,9-11H2,1-2H3,(H,17,21)(H2,16,18,19). The Balaban J connectivity index is 2.32. The molecule has 0 atom stereocenters. The van der Waals surface area contributed by atoms with Gasteiger partial charge >= 0.3 is 0 Å². The number of aliphatic imine (C=N–C) groups is 1. The third kappa shape index (κ3) is 6.65. The summed E-state index contributed by atoms with van der Waals surface area (Å²) in [6.07, 6.45) is 0.994. The van der Waals surface area contributed by atoms with Gasteiger partial charge in [0.05, 0.1) is 0 Å². The molecule has 6 nitrogen and oxygen atoms in total. The molecule has 21 heavy (non-hydrogen) atoms. The van der Waals surface area contributed by atoms with Crippen molar-refractivity contribution in [3.8, 4) is 5.75 Å². The first-order valence-corrected chi connectivity index (χ1v) is 7.26. The summed E-state index contributed by atoms with van der Waals surface area (Å²) in [5, 5.41) is 18.3. The van der Waals surface area contributed by atoms with Crippen LogP contribution in [0.25, 0.3) is 0 Å². The molecular weight excluding hydrogens is 268 g/mol. The van der Waals surface area contributed by atoms with Crippen LogP contribution < -0.4 is 16.0 Å². The molecule has 0 aliphatic rings. The summed E-state index contributed by atoms with van der Waals surface area (Å²) in [4.78, 5) is 16.2. The van der Waals surface area contributed by atoms with E-state index in [1.165, 1.54) is 12.1 Å². The van der Waals surface area contributed by atoms with E-state index in [1.54, 1.807) is 12.1 Å². The summed E-state index contributed by atoms with van der Waals surface area (Å²) in [5.74, 6) is 0.751. The van der Waals surface area contributed by atoms with E-state index >= 15 is 0 Å². The third-order valence-corrected chi connectivity index (χ3v) is 2.67. The minimum atomic E-state index is -0.160. The first-order chi connectivity index (χ1) is 10.2. The number of phenols is 1. The fourth-order valence-electron chi connectivity index (χ4n) is 1.64. The van der Waals surface area contributed by atoms with E-state index in [2.05, 4.69) is 27.9 Å². The number of aromatic hydroxyl groups is 1. The molecule has 0 aromatic heterocycles. The molecule has 0 aliphatic heterocycles. The Labute approximate surface area is 125 Å². The summed E-state index contributed by atoms with van der Waals surface area (Å²) >= 11 is 0. The van der Waals surface area contributed by atoms with Gasteiger partial charge in [0.25, 0.3) is 5.91 Å². The molecule has 1 aromatic rings. The number of nitrogens with zero attached hydrogens (tertiary/aromatic N) is 1. The molecule has 1 rings (SSSR count). The van der Waals surface area contributed by atoms with Crippen LogP contribution >= 0.6 is 0 Å². The minimum absolute atomic E-state index is 0.149. The van der Waals surface area contributed by atoms with Crippen LogP contribution in [-0.4, -0.2) is 43.2 Å². The van der Waals surface area contributed by atoms with Gasteiger partial charge in [-0.05, 0) is 37.6 Å². The van der Waals surface area contributed by atoms with E-state index in [4.69, 9.17) is 0 Å². The second-order valence-corrected chi connectivity index (χ2v) is 4.49. The fraction of sp³-hybridized carbons (Fsp3) is 0.467. The molecule has 1 amide bonds. The number of hydrogen-bond donors (Lipinski definition) is 4. The van der Waals surface area contributed by atoms with Crippen molar-refractivity contribution in [2.75, 3.05) is 26.2 Å². The van der Waals surface area contributed by atoms with Crippen LogP contribution in [0.4, 0.5) is 0 Å². The molecule has 116 valence electrons. The topological polar surface area (TPSA) is 85.8 Å². The van der Waals surface area contributed by atoms with Gasteiger partial charge in [-0.2, -0.15) is 0 Å². The lowest BCUT2D eigenvalue weighted by molar-refractivity contribution is 0.0954. The van der Waals surface area contributed by atoms with Gasteiger partial charge < -0.3 is 21.1 Å². The lowest BCUT2D eigenvalue weighted by Crippen LogP contribution is -2.41. The van der Waals surface area contributed by atoms with Crippen molar-refractivity contribution in [1.29, 1.82) is 0 Å². The van der Waals surface area contributed by atoms with Crippen molar-refractivity contribution < 1.29 is 9.90 Å². The smallest absolute Gasteiger partial charge is 0.251 e. The van der Waals surface area contributed by atoms with Crippen LogP contribution in [-0.2, 0) is 0 Å². The predicted octanol–water partition coefficient (Wildman–Crippen LogP) is 1.09. The molecule has 0 heterocycles. The average molecular weight is 292 g/mol. The zero-order valence-corrected chi connectivity index (χ0v) is 12.6. The number of hydrogen-bond acceptors (Lipinski definition) is 3. The zero-order chi connectivity index (χ0) is 15.5. The molecule has 1 aromatic carbocycles.